The number of hydrogen-bond donors (Lipinski definition) is 0. The number of fused-ring (bicyclic) bond motifs is 1. The van der Waals surface area contributed by atoms with Gasteiger partial charge < -0.3 is 0 Å². The van der Waals surface area contributed by atoms with Gasteiger partial charge in [0.25, 0.3) is 0 Å². The van der Waals surface area contributed by atoms with E-state index in [9.17, 15) is 9.18 Å². The molecule has 0 aliphatic heterocycles. The second kappa shape index (κ2) is 5.98. The first-order valence-corrected chi connectivity index (χ1v) is 9.20. The predicted molar refractivity (Wildman–Crippen MR) is 102 cm³/mol. The maximum absolute atomic E-state index is 13.8. The smallest absolute Gasteiger partial charge is 0.196 e. The van der Waals surface area contributed by atoms with Crippen molar-refractivity contribution in [1.82, 2.24) is 4.98 Å². The molecule has 1 heterocycles. The topological polar surface area (TPSA) is 30.0 Å². The van der Waals surface area contributed by atoms with Gasteiger partial charge in [-0.15, -0.1) is 0 Å². The lowest BCUT2D eigenvalue weighted by atomic mass is 9.53. The van der Waals surface area contributed by atoms with Crippen molar-refractivity contribution in [3.8, 4) is 0 Å². The average molecular weight is 355 g/mol. The van der Waals surface area contributed by atoms with Crippen LogP contribution in [0.15, 0.2) is 85.1 Å². The Balaban J connectivity index is 1.75. The molecule has 3 heteroatoms. The molecule has 2 bridgehead atoms. The summed E-state index contributed by atoms with van der Waals surface area (Å²) in [7, 11) is 0. The van der Waals surface area contributed by atoms with Crippen molar-refractivity contribution in [3.05, 3.63) is 113 Å². The molecule has 0 spiro atoms. The molecule has 3 atom stereocenters. The molecule has 3 aliphatic rings. The highest BCUT2D eigenvalue weighted by Gasteiger charge is 2.53. The standard InChI is InChI=1S/C24H18FNO/c25-18-10-8-16(9-11-18)21-15-17-12-13-24(21,20-6-2-1-5-19(17)20)23(27)22-7-3-4-14-26-22/h1-14,17,21H,15H2. The van der Waals surface area contributed by atoms with Crippen molar-refractivity contribution in [3.63, 3.8) is 0 Å². The highest BCUT2D eigenvalue weighted by atomic mass is 19.1. The molecule has 0 saturated carbocycles. The second-order valence-electron chi connectivity index (χ2n) is 7.31. The summed E-state index contributed by atoms with van der Waals surface area (Å²) < 4.78 is 13.5. The minimum Gasteiger partial charge on any atom is -0.291 e. The van der Waals surface area contributed by atoms with Crippen LogP contribution in [-0.2, 0) is 5.41 Å². The van der Waals surface area contributed by atoms with E-state index in [0.717, 1.165) is 17.5 Å². The Morgan fingerprint density at radius 3 is 2.56 bits per heavy atom. The van der Waals surface area contributed by atoms with E-state index in [2.05, 4.69) is 29.3 Å². The lowest BCUT2D eigenvalue weighted by Crippen LogP contribution is -2.47. The number of aromatic nitrogens is 1. The van der Waals surface area contributed by atoms with Gasteiger partial charge in [0.1, 0.15) is 11.5 Å². The number of rotatable bonds is 3. The number of carbonyl (C=O) groups is 1. The summed E-state index contributed by atoms with van der Waals surface area (Å²) in [6.45, 7) is 0. The summed E-state index contributed by atoms with van der Waals surface area (Å²) in [6, 6.07) is 20.2. The van der Waals surface area contributed by atoms with Crippen LogP contribution in [0.5, 0.6) is 0 Å². The van der Waals surface area contributed by atoms with Crippen LogP contribution >= 0.6 is 0 Å². The van der Waals surface area contributed by atoms with Crippen molar-refractivity contribution in [1.29, 1.82) is 0 Å². The number of allylic oxidation sites excluding steroid dienone is 2. The maximum atomic E-state index is 13.8. The van der Waals surface area contributed by atoms with Crippen molar-refractivity contribution < 1.29 is 9.18 Å². The fourth-order valence-electron chi connectivity index (χ4n) is 4.77. The molecular weight excluding hydrogens is 337 g/mol. The van der Waals surface area contributed by atoms with Gasteiger partial charge in [0, 0.05) is 18.0 Å². The number of pyridine rings is 1. The van der Waals surface area contributed by atoms with Crippen LogP contribution < -0.4 is 0 Å². The number of hydrogen-bond acceptors (Lipinski definition) is 2. The zero-order chi connectivity index (χ0) is 18.4. The number of halogens is 1. The Morgan fingerprint density at radius 1 is 1.00 bits per heavy atom. The van der Waals surface area contributed by atoms with Gasteiger partial charge in [0.2, 0.25) is 0 Å². The fraction of sp³-hybridized carbons (Fsp3) is 0.167. The SMILES string of the molecule is O=C(c1ccccn1)C12C=CC(CC1c1ccc(F)cc1)c1ccccc12. The molecule has 27 heavy (non-hydrogen) atoms. The van der Waals surface area contributed by atoms with Gasteiger partial charge in [0.15, 0.2) is 5.78 Å². The third-order valence-corrected chi connectivity index (χ3v) is 5.98. The van der Waals surface area contributed by atoms with E-state index in [4.69, 9.17) is 0 Å². The maximum Gasteiger partial charge on any atom is 0.196 e. The van der Waals surface area contributed by atoms with Crippen molar-refractivity contribution in [2.75, 3.05) is 0 Å². The van der Waals surface area contributed by atoms with Gasteiger partial charge in [-0.25, -0.2) is 4.39 Å². The molecule has 3 unspecified atom stereocenters. The van der Waals surface area contributed by atoms with Crippen LogP contribution in [0.2, 0.25) is 0 Å². The highest BCUT2D eigenvalue weighted by Crippen LogP contribution is 2.57. The van der Waals surface area contributed by atoms with Crippen LogP contribution in [0, 0.1) is 5.82 Å². The number of ketones is 1. The first-order chi connectivity index (χ1) is 13.2. The number of Topliss-reactive ketones (excluding diaryl/α,β-unsaturated/α-hetero) is 1. The Labute approximate surface area is 157 Å². The molecule has 3 aliphatic carbocycles. The number of nitrogens with zero attached hydrogens (tertiary/aromatic N) is 1. The summed E-state index contributed by atoms with van der Waals surface area (Å²) >= 11 is 0. The van der Waals surface area contributed by atoms with E-state index >= 15 is 0 Å². The second-order valence-corrected chi connectivity index (χ2v) is 7.31. The van der Waals surface area contributed by atoms with Gasteiger partial charge in [-0.1, -0.05) is 54.6 Å². The zero-order valence-corrected chi connectivity index (χ0v) is 14.7. The summed E-state index contributed by atoms with van der Waals surface area (Å²) in [5.74, 6) is -0.0350. The quantitative estimate of drug-likeness (QED) is 0.478. The van der Waals surface area contributed by atoms with Crippen molar-refractivity contribution >= 4 is 5.78 Å². The molecule has 0 amide bonds. The first-order valence-electron chi connectivity index (χ1n) is 9.20. The van der Waals surface area contributed by atoms with E-state index in [1.165, 1.54) is 17.7 Å². The highest BCUT2D eigenvalue weighted by molar-refractivity contribution is 6.06. The number of carbonyl (C=O) groups excluding carboxylic acids is 1. The molecule has 2 nitrogen and oxygen atoms in total. The van der Waals surface area contributed by atoms with Gasteiger partial charge in [-0.3, -0.25) is 9.78 Å². The molecule has 0 fully saturated rings. The molecule has 2 aromatic carbocycles. The van der Waals surface area contributed by atoms with Gasteiger partial charge in [-0.05, 0) is 47.4 Å². The van der Waals surface area contributed by atoms with E-state index in [-0.39, 0.29) is 23.4 Å². The molecule has 0 N–H and O–H groups in total. The molecule has 0 radical (unpaired) electrons. The third-order valence-electron chi connectivity index (χ3n) is 5.98. The third kappa shape index (κ3) is 2.31. The normalized spacial score (nSPS) is 25.2. The first kappa shape index (κ1) is 16.1. The van der Waals surface area contributed by atoms with Gasteiger partial charge >= 0.3 is 0 Å². The molecule has 1 aromatic heterocycles. The van der Waals surface area contributed by atoms with Crippen molar-refractivity contribution in [2.45, 2.75) is 23.7 Å². The summed E-state index contributed by atoms with van der Waals surface area (Å²) in [5, 5.41) is 0. The number of benzene rings is 2. The van der Waals surface area contributed by atoms with Crippen molar-refractivity contribution in [2.24, 2.45) is 0 Å². The van der Waals surface area contributed by atoms with Crippen LogP contribution in [0.4, 0.5) is 4.39 Å². The van der Waals surface area contributed by atoms with E-state index in [1.807, 2.05) is 36.4 Å². The largest absolute Gasteiger partial charge is 0.291 e. The van der Waals surface area contributed by atoms with Gasteiger partial charge in [0.05, 0.1) is 5.41 Å². The van der Waals surface area contributed by atoms with Crippen LogP contribution in [-0.4, -0.2) is 10.8 Å². The Kier molecular flexibility index (Phi) is 3.57. The van der Waals surface area contributed by atoms with E-state index in [0.29, 0.717) is 5.69 Å². The lowest BCUT2D eigenvalue weighted by Gasteiger charge is -2.48. The monoisotopic (exact) mass is 355 g/mol. The summed E-state index contributed by atoms with van der Waals surface area (Å²) in [4.78, 5) is 18.1. The minimum absolute atomic E-state index is 0.000671. The van der Waals surface area contributed by atoms with Crippen LogP contribution in [0.3, 0.4) is 0 Å². The zero-order valence-electron chi connectivity index (χ0n) is 14.7. The Hall–Kier alpha value is -3.07. The predicted octanol–water partition coefficient (Wildman–Crippen LogP) is 5.18. The van der Waals surface area contributed by atoms with Gasteiger partial charge in [-0.2, -0.15) is 0 Å². The molecule has 3 aromatic rings. The van der Waals surface area contributed by atoms with E-state index in [1.54, 1.807) is 12.3 Å². The van der Waals surface area contributed by atoms with Crippen LogP contribution in [0.25, 0.3) is 0 Å². The summed E-state index contributed by atoms with van der Waals surface area (Å²) in [6.07, 6.45) is 6.70. The Morgan fingerprint density at radius 2 is 1.78 bits per heavy atom. The lowest BCUT2D eigenvalue weighted by molar-refractivity contribution is 0.0871. The van der Waals surface area contributed by atoms with E-state index < -0.39 is 5.41 Å². The Bertz CT molecular complexity index is 1040. The average Bonchev–Trinajstić information content (AvgIpc) is 2.75. The minimum atomic E-state index is -0.808. The molecule has 6 rings (SSSR count). The molecule has 132 valence electrons. The summed E-state index contributed by atoms with van der Waals surface area (Å²) in [5.41, 5.74) is 2.91. The van der Waals surface area contributed by atoms with Crippen LogP contribution in [0.1, 0.15) is 45.4 Å². The molecule has 0 saturated heterocycles. The fourth-order valence-corrected chi connectivity index (χ4v) is 4.77. The molecular formula is C24H18FNO.